The smallest absolute Gasteiger partial charge is 0.0429 e. The fourth-order valence-corrected chi connectivity index (χ4v) is 2.36. The van der Waals surface area contributed by atoms with E-state index in [0.29, 0.717) is 11.1 Å². The van der Waals surface area contributed by atoms with Gasteiger partial charge in [0.2, 0.25) is 0 Å². The molecule has 0 heterocycles. The third-order valence-corrected chi connectivity index (χ3v) is 3.20. The number of hydrogen-bond acceptors (Lipinski definition) is 2. The molecule has 0 atom stereocenters. The largest absolute Gasteiger partial charge is 0.399 e. The van der Waals surface area contributed by atoms with Gasteiger partial charge in [0.05, 0.1) is 0 Å². The Balaban J connectivity index is 2.72. The zero-order chi connectivity index (χ0) is 12.1. The van der Waals surface area contributed by atoms with Gasteiger partial charge in [0.1, 0.15) is 0 Å². The first-order valence-corrected chi connectivity index (χ1v) is 6.19. The Morgan fingerprint density at radius 1 is 1.25 bits per heavy atom. The predicted octanol–water partition coefficient (Wildman–Crippen LogP) is 3.54. The summed E-state index contributed by atoms with van der Waals surface area (Å²) in [6.07, 6.45) is 2.34. The highest BCUT2D eigenvalue weighted by molar-refractivity contribution is 6.30. The summed E-state index contributed by atoms with van der Waals surface area (Å²) < 4.78 is 0. The lowest BCUT2D eigenvalue weighted by Crippen LogP contribution is -2.29. The lowest BCUT2D eigenvalue weighted by atomic mass is 10.1. The van der Waals surface area contributed by atoms with E-state index in [1.54, 1.807) is 6.07 Å². The van der Waals surface area contributed by atoms with Crippen molar-refractivity contribution in [3.8, 4) is 0 Å². The molecule has 1 aromatic carbocycles. The minimum atomic E-state index is 0.625. The monoisotopic (exact) mass is 240 g/mol. The molecule has 0 saturated carbocycles. The maximum atomic E-state index is 5.98. The molecule has 0 spiro atoms. The second-order valence-electron chi connectivity index (χ2n) is 4.28. The van der Waals surface area contributed by atoms with Crippen LogP contribution in [0.3, 0.4) is 0 Å². The van der Waals surface area contributed by atoms with Crippen LogP contribution in [0.1, 0.15) is 32.3 Å². The average Bonchev–Trinajstić information content (AvgIpc) is 2.17. The van der Waals surface area contributed by atoms with E-state index in [-0.39, 0.29) is 0 Å². The van der Waals surface area contributed by atoms with Gasteiger partial charge in [-0.15, -0.1) is 0 Å². The van der Waals surface area contributed by atoms with Gasteiger partial charge in [0.25, 0.3) is 0 Å². The Morgan fingerprint density at radius 3 is 2.38 bits per heavy atom. The van der Waals surface area contributed by atoms with Crippen molar-refractivity contribution in [1.82, 2.24) is 4.90 Å². The molecular formula is C13H21ClN2. The van der Waals surface area contributed by atoms with Gasteiger partial charge >= 0.3 is 0 Å². The first-order chi connectivity index (χ1) is 7.56. The summed E-state index contributed by atoms with van der Waals surface area (Å²) in [5, 5.41) is 0.716. The lowest BCUT2D eigenvalue weighted by molar-refractivity contribution is 0.222. The second kappa shape index (κ2) is 6.12. The van der Waals surface area contributed by atoms with Crippen molar-refractivity contribution in [2.24, 2.45) is 0 Å². The topological polar surface area (TPSA) is 29.3 Å². The predicted molar refractivity (Wildman–Crippen MR) is 71.7 cm³/mol. The van der Waals surface area contributed by atoms with Crippen molar-refractivity contribution >= 4 is 17.3 Å². The van der Waals surface area contributed by atoms with Crippen LogP contribution in [0.25, 0.3) is 0 Å². The minimum Gasteiger partial charge on any atom is -0.399 e. The van der Waals surface area contributed by atoms with E-state index in [1.807, 2.05) is 12.1 Å². The zero-order valence-corrected chi connectivity index (χ0v) is 11.1. The Labute approximate surface area is 103 Å². The molecule has 0 amide bonds. The number of rotatable bonds is 5. The van der Waals surface area contributed by atoms with Crippen molar-refractivity contribution in [3.63, 3.8) is 0 Å². The summed E-state index contributed by atoms with van der Waals surface area (Å²) in [7, 11) is 2.15. The van der Waals surface area contributed by atoms with Crippen molar-refractivity contribution in [3.05, 3.63) is 28.8 Å². The van der Waals surface area contributed by atoms with Crippen molar-refractivity contribution in [2.45, 2.75) is 39.3 Å². The average molecular weight is 241 g/mol. The van der Waals surface area contributed by atoms with Crippen LogP contribution in [0.2, 0.25) is 5.02 Å². The van der Waals surface area contributed by atoms with Crippen LogP contribution in [-0.2, 0) is 6.54 Å². The third kappa shape index (κ3) is 3.69. The number of benzene rings is 1. The van der Waals surface area contributed by atoms with Gasteiger partial charge in [0.15, 0.2) is 0 Å². The van der Waals surface area contributed by atoms with E-state index in [4.69, 9.17) is 17.3 Å². The zero-order valence-electron chi connectivity index (χ0n) is 10.3. The fraction of sp³-hybridized carbons (Fsp3) is 0.538. The van der Waals surface area contributed by atoms with E-state index in [1.165, 1.54) is 18.4 Å². The van der Waals surface area contributed by atoms with Crippen LogP contribution in [-0.4, -0.2) is 18.0 Å². The van der Waals surface area contributed by atoms with Gasteiger partial charge in [-0.1, -0.05) is 25.4 Å². The molecule has 0 aromatic heterocycles. The second-order valence-corrected chi connectivity index (χ2v) is 4.71. The Hall–Kier alpha value is -0.730. The number of nitrogens with two attached hydrogens (primary N) is 1. The maximum Gasteiger partial charge on any atom is 0.0429 e. The van der Waals surface area contributed by atoms with E-state index in [0.717, 1.165) is 12.2 Å². The van der Waals surface area contributed by atoms with E-state index in [2.05, 4.69) is 25.8 Å². The van der Waals surface area contributed by atoms with Crippen LogP contribution < -0.4 is 5.73 Å². The number of halogens is 1. The first-order valence-electron chi connectivity index (χ1n) is 5.82. The highest BCUT2D eigenvalue weighted by Crippen LogP contribution is 2.19. The van der Waals surface area contributed by atoms with Gasteiger partial charge in [-0.3, -0.25) is 4.90 Å². The summed E-state index contributed by atoms with van der Waals surface area (Å²) in [4.78, 5) is 2.35. The number of nitrogens with zero attached hydrogens (tertiary/aromatic N) is 1. The molecule has 2 nitrogen and oxygen atoms in total. The van der Waals surface area contributed by atoms with Crippen molar-refractivity contribution in [1.29, 1.82) is 0 Å². The first kappa shape index (κ1) is 13.3. The van der Waals surface area contributed by atoms with E-state index in [9.17, 15) is 0 Å². The summed E-state index contributed by atoms with van der Waals surface area (Å²) in [6.45, 7) is 5.34. The van der Waals surface area contributed by atoms with Gasteiger partial charge in [-0.2, -0.15) is 0 Å². The third-order valence-electron chi connectivity index (χ3n) is 2.98. The molecule has 0 aliphatic heterocycles. The van der Waals surface area contributed by atoms with E-state index >= 15 is 0 Å². The lowest BCUT2D eigenvalue weighted by Gasteiger charge is -2.26. The van der Waals surface area contributed by atoms with Gasteiger partial charge in [0, 0.05) is 23.3 Å². The SMILES string of the molecule is CCC(CC)N(C)Cc1cc(N)cc(Cl)c1. The van der Waals surface area contributed by atoms with Crippen LogP contribution >= 0.6 is 11.6 Å². The number of hydrogen-bond donors (Lipinski definition) is 1. The highest BCUT2D eigenvalue weighted by Gasteiger charge is 2.10. The molecule has 0 fully saturated rings. The summed E-state index contributed by atoms with van der Waals surface area (Å²) in [5.74, 6) is 0. The Bertz CT molecular complexity index is 314. The van der Waals surface area contributed by atoms with Crippen LogP contribution in [0.5, 0.6) is 0 Å². The maximum absolute atomic E-state index is 5.98. The molecule has 90 valence electrons. The molecule has 1 aromatic rings. The van der Waals surface area contributed by atoms with Crippen LogP contribution in [0.15, 0.2) is 18.2 Å². The molecule has 0 bridgehead atoms. The molecule has 2 N–H and O–H groups in total. The molecule has 1 rings (SSSR count). The number of nitrogen functional groups attached to an aromatic ring is 1. The van der Waals surface area contributed by atoms with E-state index < -0.39 is 0 Å². The minimum absolute atomic E-state index is 0.625. The van der Waals surface area contributed by atoms with Crippen LogP contribution in [0.4, 0.5) is 5.69 Å². The molecular weight excluding hydrogens is 220 g/mol. The molecule has 16 heavy (non-hydrogen) atoms. The van der Waals surface area contributed by atoms with Gasteiger partial charge < -0.3 is 5.73 Å². The molecule has 0 unspecified atom stereocenters. The highest BCUT2D eigenvalue weighted by atomic mass is 35.5. The summed E-state index contributed by atoms with van der Waals surface area (Å²) in [5.41, 5.74) is 7.69. The summed E-state index contributed by atoms with van der Waals surface area (Å²) >= 11 is 5.98. The normalized spacial score (nSPS) is 11.4. The van der Waals surface area contributed by atoms with Crippen LogP contribution in [0, 0.1) is 0 Å². The molecule has 0 aliphatic carbocycles. The van der Waals surface area contributed by atoms with Gasteiger partial charge in [-0.25, -0.2) is 0 Å². The quantitative estimate of drug-likeness (QED) is 0.798. The number of anilines is 1. The Kier molecular flexibility index (Phi) is 5.10. The molecule has 0 saturated heterocycles. The molecule has 0 radical (unpaired) electrons. The van der Waals surface area contributed by atoms with Gasteiger partial charge in [-0.05, 0) is 43.7 Å². The standard InChI is InChI=1S/C13H21ClN2/c1-4-13(5-2)16(3)9-10-6-11(14)8-12(15)7-10/h6-8,13H,4-5,9,15H2,1-3H3. The molecule has 0 aliphatic rings. The Morgan fingerprint density at radius 2 is 1.88 bits per heavy atom. The van der Waals surface area contributed by atoms with Crippen molar-refractivity contribution < 1.29 is 0 Å². The molecule has 3 heteroatoms. The fourth-order valence-electron chi connectivity index (χ4n) is 2.10. The summed E-state index contributed by atoms with van der Waals surface area (Å²) in [6, 6.07) is 6.38. The van der Waals surface area contributed by atoms with Crippen molar-refractivity contribution in [2.75, 3.05) is 12.8 Å².